The number of aryl methyl sites for hydroxylation is 1. The minimum Gasteiger partial charge on any atom is -0.465 e. The average molecular weight is 238 g/mol. The number of carbonyl (C=O) groups excluding carboxylic acids is 2. The molecule has 0 aliphatic heterocycles. The van der Waals surface area contributed by atoms with Crippen LogP contribution in [0.1, 0.15) is 28.4 Å². The van der Waals surface area contributed by atoms with Crippen molar-refractivity contribution in [3.8, 4) is 5.75 Å². The third-order valence-electron chi connectivity index (χ3n) is 2.18. The predicted octanol–water partition coefficient (Wildman–Crippen LogP) is 1.20. The van der Waals surface area contributed by atoms with Crippen LogP contribution in [0.4, 0.5) is 0 Å². The standard InChI is InChI=1S/C12H14O5/c1-7-4-9(6-13)5-10(17-8(2)14)11(7)12(15)16-3/h4-5,13H,6H2,1-3H3. The number of esters is 2. The minimum atomic E-state index is -0.580. The molecule has 0 unspecified atom stereocenters. The Balaban J connectivity index is 3.33. The van der Waals surface area contributed by atoms with Gasteiger partial charge >= 0.3 is 11.9 Å². The summed E-state index contributed by atoms with van der Waals surface area (Å²) in [4.78, 5) is 22.5. The van der Waals surface area contributed by atoms with Gasteiger partial charge in [0.15, 0.2) is 0 Å². The molecular formula is C12H14O5. The van der Waals surface area contributed by atoms with E-state index < -0.39 is 11.9 Å². The van der Waals surface area contributed by atoms with E-state index in [0.29, 0.717) is 11.1 Å². The summed E-state index contributed by atoms with van der Waals surface area (Å²) in [6, 6.07) is 3.08. The number of hydrogen-bond acceptors (Lipinski definition) is 5. The van der Waals surface area contributed by atoms with Crippen molar-refractivity contribution in [3.63, 3.8) is 0 Å². The van der Waals surface area contributed by atoms with Gasteiger partial charge in [-0.2, -0.15) is 0 Å². The van der Waals surface area contributed by atoms with Gasteiger partial charge in [0.1, 0.15) is 11.3 Å². The van der Waals surface area contributed by atoms with Crippen LogP contribution in [0.25, 0.3) is 0 Å². The zero-order valence-electron chi connectivity index (χ0n) is 9.94. The number of benzene rings is 1. The summed E-state index contributed by atoms with van der Waals surface area (Å²) in [7, 11) is 1.25. The Hall–Kier alpha value is -1.88. The van der Waals surface area contributed by atoms with E-state index in [1.54, 1.807) is 13.0 Å². The molecule has 1 aromatic rings. The Kier molecular flexibility index (Phi) is 4.23. The van der Waals surface area contributed by atoms with Gasteiger partial charge in [0, 0.05) is 6.92 Å². The van der Waals surface area contributed by atoms with Gasteiger partial charge in [0.2, 0.25) is 0 Å². The Bertz CT molecular complexity index is 450. The molecule has 0 atom stereocenters. The number of hydrogen-bond donors (Lipinski definition) is 1. The smallest absolute Gasteiger partial charge is 0.341 e. The second-order valence-electron chi connectivity index (χ2n) is 3.53. The topological polar surface area (TPSA) is 72.8 Å². The van der Waals surface area contributed by atoms with Crippen molar-refractivity contribution in [1.29, 1.82) is 0 Å². The van der Waals surface area contributed by atoms with Gasteiger partial charge < -0.3 is 14.6 Å². The van der Waals surface area contributed by atoms with E-state index in [2.05, 4.69) is 4.74 Å². The monoisotopic (exact) mass is 238 g/mol. The van der Waals surface area contributed by atoms with E-state index in [0.717, 1.165) is 0 Å². The molecule has 0 radical (unpaired) electrons. The molecule has 0 aliphatic rings. The maximum Gasteiger partial charge on any atom is 0.341 e. The molecule has 0 heterocycles. The second-order valence-corrected chi connectivity index (χ2v) is 3.53. The number of methoxy groups -OCH3 is 1. The summed E-state index contributed by atoms with van der Waals surface area (Å²) in [5.41, 5.74) is 1.34. The lowest BCUT2D eigenvalue weighted by Gasteiger charge is -2.11. The van der Waals surface area contributed by atoms with E-state index >= 15 is 0 Å². The Morgan fingerprint density at radius 3 is 2.47 bits per heavy atom. The lowest BCUT2D eigenvalue weighted by Crippen LogP contribution is -2.11. The van der Waals surface area contributed by atoms with Crippen molar-refractivity contribution in [2.75, 3.05) is 7.11 Å². The van der Waals surface area contributed by atoms with E-state index in [1.165, 1.54) is 20.1 Å². The molecule has 1 N–H and O–H groups in total. The molecule has 0 bridgehead atoms. The van der Waals surface area contributed by atoms with Crippen LogP contribution in [0.5, 0.6) is 5.75 Å². The lowest BCUT2D eigenvalue weighted by molar-refractivity contribution is -0.131. The zero-order valence-corrected chi connectivity index (χ0v) is 9.94. The third-order valence-corrected chi connectivity index (χ3v) is 2.18. The minimum absolute atomic E-state index is 0.105. The first kappa shape index (κ1) is 13.2. The molecule has 5 nitrogen and oxygen atoms in total. The Morgan fingerprint density at radius 1 is 1.35 bits per heavy atom. The summed E-state index contributed by atoms with van der Waals surface area (Å²) in [5.74, 6) is -1.01. The van der Waals surface area contributed by atoms with Crippen molar-refractivity contribution < 1.29 is 24.2 Å². The van der Waals surface area contributed by atoms with Gasteiger partial charge in [-0.3, -0.25) is 4.79 Å². The van der Waals surface area contributed by atoms with Crippen LogP contribution >= 0.6 is 0 Å². The lowest BCUT2D eigenvalue weighted by atomic mass is 10.0. The van der Waals surface area contributed by atoms with Crippen LogP contribution in [-0.2, 0) is 16.1 Å². The molecule has 0 spiro atoms. The average Bonchev–Trinajstić information content (AvgIpc) is 2.26. The fourth-order valence-corrected chi connectivity index (χ4v) is 1.52. The molecule has 1 aromatic carbocycles. The molecule has 0 fully saturated rings. The first-order valence-electron chi connectivity index (χ1n) is 5.00. The van der Waals surface area contributed by atoms with Crippen molar-refractivity contribution in [1.82, 2.24) is 0 Å². The third kappa shape index (κ3) is 3.04. The largest absolute Gasteiger partial charge is 0.465 e. The zero-order chi connectivity index (χ0) is 13.0. The number of rotatable bonds is 3. The van der Waals surface area contributed by atoms with Gasteiger partial charge in [-0.25, -0.2) is 4.79 Å². The first-order valence-corrected chi connectivity index (χ1v) is 5.00. The highest BCUT2D eigenvalue weighted by atomic mass is 16.5. The maximum absolute atomic E-state index is 11.6. The molecule has 0 aliphatic carbocycles. The number of carbonyl (C=O) groups is 2. The highest BCUT2D eigenvalue weighted by molar-refractivity contribution is 5.95. The molecular weight excluding hydrogens is 224 g/mol. The summed E-state index contributed by atoms with van der Waals surface area (Å²) < 4.78 is 9.56. The predicted molar refractivity (Wildman–Crippen MR) is 59.8 cm³/mol. The van der Waals surface area contributed by atoms with Gasteiger partial charge in [0.25, 0.3) is 0 Å². The number of aliphatic hydroxyl groups excluding tert-OH is 1. The summed E-state index contributed by atoms with van der Waals surface area (Å²) in [6.45, 7) is 2.72. The van der Waals surface area contributed by atoms with Crippen molar-refractivity contribution in [3.05, 3.63) is 28.8 Å². The normalized spacial score (nSPS) is 9.88. The Morgan fingerprint density at radius 2 is 2.00 bits per heavy atom. The summed E-state index contributed by atoms with van der Waals surface area (Å²) >= 11 is 0. The first-order chi connectivity index (χ1) is 7.99. The molecule has 1 rings (SSSR count). The van der Waals surface area contributed by atoms with Gasteiger partial charge in [-0.15, -0.1) is 0 Å². The van der Waals surface area contributed by atoms with Crippen molar-refractivity contribution in [2.45, 2.75) is 20.5 Å². The van der Waals surface area contributed by atoms with Crippen LogP contribution in [0.3, 0.4) is 0 Å². The van der Waals surface area contributed by atoms with E-state index in [1.807, 2.05) is 0 Å². The fourth-order valence-electron chi connectivity index (χ4n) is 1.52. The summed E-state index contributed by atoms with van der Waals surface area (Å²) in [5, 5.41) is 9.05. The van der Waals surface area contributed by atoms with Crippen molar-refractivity contribution in [2.24, 2.45) is 0 Å². The van der Waals surface area contributed by atoms with Gasteiger partial charge in [-0.1, -0.05) is 6.07 Å². The summed E-state index contributed by atoms with van der Waals surface area (Å²) in [6.07, 6.45) is 0. The van der Waals surface area contributed by atoms with Gasteiger partial charge in [0.05, 0.1) is 13.7 Å². The van der Waals surface area contributed by atoms with E-state index in [4.69, 9.17) is 9.84 Å². The second kappa shape index (κ2) is 5.45. The SMILES string of the molecule is COC(=O)c1c(C)cc(CO)cc1OC(C)=O. The Labute approximate surface area is 99.0 Å². The van der Waals surface area contributed by atoms with Crippen LogP contribution in [0.15, 0.2) is 12.1 Å². The van der Waals surface area contributed by atoms with E-state index in [9.17, 15) is 9.59 Å². The number of ether oxygens (including phenoxy) is 2. The maximum atomic E-state index is 11.6. The van der Waals surface area contributed by atoms with E-state index in [-0.39, 0.29) is 17.9 Å². The quantitative estimate of drug-likeness (QED) is 0.632. The molecule has 0 saturated heterocycles. The molecule has 17 heavy (non-hydrogen) atoms. The van der Waals surface area contributed by atoms with Crippen LogP contribution in [0.2, 0.25) is 0 Å². The van der Waals surface area contributed by atoms with Crippen LogP contribution < -0.4 is 4.74 Å². The van der Waals surface area contributed by atoms with Crippen LogP contribution in [-0.4, -0.2) is 24.2 Å². The molecule has 92 valence electrons. The fraction of sp³-hybridized carbons (Fsp3) is 0.333. The molecule has 0 amide bonds. The molecule has 0 saturated carbocycles. The highest BCUT2D eigenvalue weighted by Crippen LogP contribution is 2.25. The van der Waals surface area contributed by atoms with Crippen molar-refractivity contribution >= 4 is 11.9 Å². The van der Waals surface area contributed by atoms with Crippen LogP contribution in [0, 0.1) is 6.92 Å². The highest BCUT2D eigenvalue weighted by Gasteiger charge is 2.18. The van der Waals surface area contributed by atoms with Gasteiger partial charge in [-0.05, 0) is 24.1 Å². The molecule has 0 aromatic heterocycles. The number of aliphatic hydroxyl groups is 1. The molecule has 5 heteroatoms.